The molecule has 4 rings (SSSR count). The van der Waals surface area contributed by atoms with Gasteiger partial charge in [0.15, 0.2) is 6.29 Å². The average Bonchev–Trinajstić information content (AvgIpc) is 3.02. The number of carbonyl (C=O) groups excluding carboxylic acids is 1. The molecule has 176 valence electrons. The second-order valence-electron chi connectivity index (χ2n) is 9.56. The van der Waals surface area contributed by atoms with Crippen molar-refractivity contribution in [3.8, 4) is 0 Å². The molecule has 2 aliphatic heterocycles. The van der Waals surface area contributed by atoms with Crippen molar-refractivity contribution in [2.45, 2.75) is 75.7 Å². The second kappa shape index (κ2) is 8.35. The van der Waals surface area contributed by atoms with E-state index >= 15 is 0 Å². The van der Waals surface area contributed by atoms with E-state index in [4.69, 9.17) is 14.2 Å². The first-order valence-electron chi connectivity index (χ1n) is 10.8. The largest absolute Gasteiger partial charge is 0.461 e. The molecule has 0 radical (unpaired) electrons. The van der Waals surface area contributed by atoms with Crippen LogP contribution in [0.1, 0.15) is 26.7 Å². The first-order valence-corrected chi connectivity index (χ1v) is 10.8. The van der Waals surface area contributed by atoms with E-state index < -0.39 is 67.0 Å². The van der Waals surface area contributed by atoms with Gasteiger partial charge in [0.05, 0.1) is 31.3 Å². The van der Waals surface area contributed by atoms with Gasteiger partial charge in [0.25, 0.3) is 0 Å². The van der Waals surface area contributed by atoms with Gasteiger partial charge in [-0.15, -0.1) is 0 Å². The molecule has 2 saturated heterocycles. The number of hydrogen-bond acceptors (Lipinski definition) is 10. The molecule has 31 heavy (non-hydrogen) atoms. The van der Waals surface area contributed by atoms with Crippen molar-refractivity contribution in [3.05, 3.63) is 11.6 Å². The fraction of sp³-hybridized carbons (Fsp3) is 0.857. The Balaban J connectivity index is 1.57. The summed E-state index contributed by atoms with van der Waals surface area (Å²) in [7, 11) is 0. The van der Waals surface area contributed by atoms with Crippen molar-refractivity contribution >= 4 is 5.97 Å². The quantitative estimate of drug-likeness (QED) is 0.212. The van der Waals surface area contributed by atoms with E-state index in [1.165, 1.54) is 6.08 Å². The lowest BCUT2D eigenvalue weighted by molar-refractivity contribution is -0.299. The van der Waals surface area contributed by atoms with Crippen molar-refractivity contribution in [3.63, 3.8) is 0 Å². The van der Waals surface area contributed by atoms with Gasteiger partial charge in [-0.25, -0.2) is 0 Å². The van der Waals surface area contributed by atoms with E-state index in [2.05, 4.69) is 0 Å². The van der Waals surface area contributed by atoms with Crippen molar-refractivity contribution < 1.29 is 49.6 Å². The minimum atomic E-state index is -1.57. The predicted octanol–water partition coefficient (Wildman–Crippen LogP) is -1.94. The third-order valence-electron chi connectivity index (χ3n) is 7.79. The molecular weight excluding hydrogens is 412 g/mol. The minimum absolute atomic E-state index is 0.0105. The van der Waals surface area contributed by atoms with Gasteiger partial charge in [0, 0.05) is 17.3 Å². The number of carbonyl (C=O) groups is 1. The molecule has 2 heterocycles. The zero-order valence-corrected chi connectivity index (χ0v) is 17.6. The van der Waals surface area contributed by atoms with Crippen LogP contribution in [0.5, 0.6) is 0 Å². The van der Waals surface area contributed by atoms with Gasteiger partial charge in [-0.1, -0.05) is 19.9 Å². The molecule has 3 fully saturated rings. The number of fused-ring (bicyclic) bond motifs is 3. The zero-order chi connectivity index (χ0) is 22.7. The van der Waals surface area contributed by atoms with Gasteiger partial charge in [-0.05, 0) is 18.4 Å². The smallest absolute Gasteiger partial charge is 0.309 e. The number of hydrogen-bond donors (Lipinski definition) is 6. The number of aliphatic hydroxyl groups excluding tert-OH is 6. The molecule has 0 aromatic carbocycles. The minimum Gasteiger partial charge on any atom is -0.461 e. The molecule has 10 heteroatoms. The first kappa shape index (κ1) is 23.1. The van der Waals surface area contributed by atoms with Crippen LogP contribution in [0.4, 0.5) is 0 Å². The van der Waals surface area contributed by atoms with E-state index in [9.17, 15) is 35.4 Å². The van der Waals surface area contributed by atoms with Crippen LogP contribution in [0.15, 0.2) is 11.6 Å². The molecule has 0 aromatic heterocycles. The van der Waals surface area contributed by atoms with Crippen LogP contribution >= 0.6 is 0 Å². The van der Waals surface area contributed by atoms with Crippen molar-refractivity contribution in [1.82, 2.24) is 0 Å². The predicted molar refractivity (Wildman–Crippen MR) is 103 cm³/mol. The maximum absolute atomic E-state index is 12.2. The molecule has 12 atom stereocenters. The normalized spacial score (nSPS) is 52.2. The Bertz CT molecular complexity index is 725. The van der Waals surface area contributed by atoms with Crippen molar-refractivity contribution in [2.75, 3.05) is 13.2 Å². The molecular formula is C21H32O10. The zero-order valence-electron chi connectivity index (χ0n) is 17.6. The lowest BCUT2D eigenvalue weighted by atomic mass is 9.54. The van der Waals surface area contributed by atoms with Crippen molar-refractivity contribution in [1.29, 1.82) is 0 Å². The summed E-state index contributed by atoms with van der Waals surface area (Å²) in [6.45, 7) is 3.00. The molecule has 2 aliphatic carbocycles. The van der Waals surface area contributed by atoms with Gasteiger partial charge in [0.1, 0.15) is 30.5 Å². The highest BCUT2D eigenvalue weighted by Gasteiger charge is 2.60. The highest BCUT2D eigenvalue weighted by molar-refractivity contribution is 5.75. The fourth-order valence-corrected chi connectivity index (χ4v) is 5.82. The molecule has 1 saturated carbocycles. The third kappa shape index (κ3) is 3.63. The summed E-state index contributed by atoms with van der Waals surface area (Å²) in [5.41, 5.74) is -0.137. The summed E-state index contributed by atoms with van der Waals surface area (Å²) in [6.07, 6.45) is -6.90. The van der Waals surface area contributed by atoms with E-state index in [0.29, 0.717) is 18.4 Å². The lowest BCUT2D eigenvalue weighted by Crippen LogP contribution is -2.60. The molecule has 10 nitrogen and oxygen atoms in total. The van der Waals surface area contributed by atoms with Crippen LogP contribution in [-0.4, -0.2) is 98.8 Å². The van der Waals surface area contributed by atoms with Crippen LogP contribution in [0.25, 0.3) is 0 Å². The van der Waals surface area contributed by atoms with Gasteiger partial charge < -0.3 is 44.8 Å². The highest BCUT2D eigenvalue weighted by Crippen LogP contribution is 2.56. The third-order valence-corrected chi connectivity index (χ3v) is 7.79. The molecule has 4 aliphatic rings. The van der Waals surface area contributed by atoms with E-state index in [1.807, 2.05) is 13.8 Å². The maximum atomic E-state index is 12.2. The SMILES string of the molecule is C[C@H]1C(=O)O[C@@H]2[C@H]1CC[C@]1(C)[C@H](O)[C@@H](O)C=C(CO[C@@H]3O[C@H](CO)[C@@H](O)[C@H](O)[C@H]3O)[C@@H]21. The standard InChI is InChI=1S/C21H32O10/c1-8-10-3-4-21(2)13(17(10)31-19(8)28)9(5-11(23)18(21)27)7-29-20-16(26)15(25)14(24)12(6-22)30-20/h5,8,10-18,20,22-27H,3-4,6-7H2,1-2H3/t8-,10+,11+,12-,13+,14-,15+,16-,17-,18-,20-,21+/m1/s1. The highest BCUT2D eigenvalue weighted by atomic mass is 16.7. The lowest BCUT2D eigenvalue weighted by Gasteiger charge is -2.53. The van der Waals surface area contributed by atoms with Crippen LogP contribution in [-0.2, 0) is 19.0 Å². The van der Waals surface area contributed by atoms with Gasteiger partial charge in [-0.3, -0.25) is 4.79 Å². The maximum Gasteiger partial charge on any atom is 0.309 e. The number of rotatable bonds is 4. The molecule has 6 N–H and O–H groups in total. The van der Waals surface area contributed by atoms with Crippen LogP contribution in [0.2, 0.25) is 0 Å². The fourth-order valence-electron chi connectivity index (χ4n) is 5.82. The summed E-state index contributed by atoms with van der Waals surface area (Å²) in [5.74, 6) is -0.952. The summed E-state index contributed by atoms with van der Waals surface area (Å²) in [5, 5.41) is 60.7. The van der Waals surface area contributed by atoms with Crippen LogP contribution in [0, 0.1) is 23.2 Å². The van der Waals surface area contributed by atoms with E-state index in [-0.39, 0.29) is 24.4 Å². The number of esters is 1. The number of aliphatic hydroxyl groups is 6. The van der Waals surface area contributed by atoms with Gasteiger partial charge >= 0.3 is 5.97 Å². The Morgan fingerprint density at radius 2 is 1.87 bits per heavy atom. The van der Waals surface area contributed by atoms with Gasteiger partial charge in [0.2, 0.25) is 0 Å². The first-order chi connectivity index (χ1) is 14.6. The van der Waals surface area contributed by atoms with E-state index in [1.54, 1.807) is 0 Å². The summed E-state index contributed by atoms with van der Waals surface area (Å²) in [6, 6.07) is 0. The molecule has 0 aromatic rings. The van der Waals surface area contributed by atoms with Gasteiger partial charge in [-0.2, -0.15) is 0 Å². The monoisotopic (exact) mass is 444 g/mol. The Kier molecular flexibility index (Phi) is 6.21. The molecule has 0 spiro atoms. The summed E-state index contributed by atoms with van der Waals surface area (Å²) < 4.78 is 16.8. The Morgan fingerprint density at radius 1 is 1.16 bits per heavy atom. The Morgan fingerprint density at radius 3 is 2.55 bits per heavy atom. The van der Waals surface area contributed by atoms with Crippen LogP contribution in [0.3, 0.4) is 0 Å². The molecule has 0 unspecified atom stereocenters. The Hall–Kier alpha value is -1.11. The molecule has 0 amide bonds. The topological polar surface area (TPSA) is 166 Å². The summed E-state index contributed by atoms with van der Waals surface area (Å²) in [4.78, 5) is 12.2. The number of ether oxygens (including phenoxy) is 3. The average molecular weight is 444 g/mol. The Labute approximate surface area is 180 Å². The van der Waals surface area contributed by atoms with Crippen LogP contribution < -0.4 is 0 Å². The van der Waals surface area contributed by atoms with E-state index in [0.717, 1.165) is 0 Å². The summed E-state index contributed by atoms with van der Waals surface area (Å²) >= 11 is 0. The second-order valence-corrected chi connectivity index (χ2v) is 9.56. The molecule has 0 bridgehead atoms. The van der Waals surface area contributed by atoms with Crippen molar-refractivity contribution in [2.24, 2.45) is 23.2 Å².